The van der Waals surface area contributed by atoms with Crippen LogP contribution in [0.3, 0.4) is 0 Å². The topological polar surface area (TPSA) is 37.4 Å². The van der Waals surface area contributed by atoms with Crippen molar-refractivity contribution in [3.05, 3.63) is 70.6 Å². The Bertz CT molecular complexity index is 949. The van der Waals surface area contributed by atoms with E-state index in [1.807, 2.05) is 42.6 Å². The van der Waals surface area contributed by atoms with Crippen molar-refractivity contribution in [2.75, 3.05) is 11.4 Å². The van der Waals surface area contributed by atoms with E-state index in [2.05, 4.69) is 0 Å². The molecule has 0 amide bonds. The van der Waals surface area contributed by atoms with Crippen molar-refractivity contribution in [1.29, 1.82) is 0 Å². The summed E-state index contributed by atoms with van der Waals surface area (Å²) < 4.78 is 27.1. The van der Waals surface area contributed by atoms with Crippen LogP contribution in [0, 0.1) is 6.92 Å². The smallest absolute Gasteiger partial charge is 0.264 e. The van der Waals surface area contributed by atoms with E-state index in [4.69, 9.17) is 11.6 Å². The van der Waals surface area contributed by atoms with Crippen LogP contribution in [0.5, 0.6) is 0 Å². The Balaban J connectivity index is 2.04. The molecule has 0 fully saturated rings. The Morgan fingerprint density at radius 3 is 2.38 bits per heavy atom. The number of thiophene rings is 1. The van der Waals surface area contributed by atoms with E-state index in [0.29, 0.717) is 10.7 Å². The molecule has 3 nitrogen and oxygen atoms in total. The molecule has 24 heavy (non-hydrogen) atoms. The quantitative estimate of drug-likeness (QED) is 0.626. The monoisotopic (exact) mass is 377 g/mol. The van der Waals surface area contributed by atoms with Gasteiger partial charge in [0, 0.05) is 16.9 Å². The minimum absolute atomic E-state index is 0.218. The minimum atomic E-state index is -3.64. The Hall–Kier alpha value is -1.82. The molecule has 0 unspecified atom stereocenters. The summed E-state index contributed by atoms with van der Waals surface area (Å²) in [7, 11) is -2.06. The van der Waals surface area contributed by atoms with Gasteiger partial charge in [-0.3, -0.25) is 4.31 Å². The molecule has 0 saturated carbocycles. The summed E-state index contributed by atoms with van der Waals surface area (Å²) >= 11 is 7.48. The van der Waals surface area contributed by atoms with Crippen molar-refractivity contribution in [3.8, 4) is 10.4 Å². The first kappa shape index (κ1) is 17.0. The number of hydrogen-bond acceptors (Lipinski definition) is 3. The molecule has 0 aliphatic heterocycles. The van der Waals surface area contributed by atoms with Crippen LogP contribution in [-0.2, 0) is 10.0 Å². The lowest BCUT2D eigenvalue weighted by Gasteiger charge is -2.22. The summed E-state index contributed by atoms with van der Waals surface area (Å²) in [4.78, 5) is 1.32. The zero-order chi connectivity index (χ0) is 17.3. The molecule has 0 radical (unpaired) electrons. The summed E-state index contributed by atoms with van der Waals surface area (Å²) in [6.07, 6.45) is 0. The summed E-state index contributed by atoms with van der Waals surface area (Å²) in [6, 6.07) is 16.1. The number of anilines is 1. The van der Waals surface area contributed by atoms with Crippen molar-refractivity contribution < 1.29 is 8.42 Å². The summed E-state index contributed by atoms with van der Waals surface area (Å²) in [5, 5.41) is 2.51. The lowest BCUT2D eigenvalue weighted by atomic mass is 10.1. The maximum absolute atomic E-state index is 12.9. The van der Waals surface area contributed by atoms with Crippen LogP contribution in [0.4, 0.5) is 5.69 Å². The largest absolute Gasteiger partial charge is 0.269 e. The first-order valence-corrected chi connectivity index (χ1v) is 9.98. The van der Waals surface area contributed by atoms with Crippen LogP contribution in [-0.4, -0.2) is 15.5 Å². The van der Waals surface area contributed by atoms with Gasteiger partial charge in [-0.15, -0.1) is 11.3 Å². The lowest BCUT2D eigenvalue weighted by molar-refractivity contribution is 0.594. The standard InChI is InChI=1S/C18H16ClNO2S2/c1-13-5-6-14(18-4-3-11-23-18)12-17(13)20(2)24(21,22)16-9-7-15(19)8-10-16/h3-12H,1-2H3. The predicted octanol–water partition coefficient (Wildman–Crippen LogP) is 5.20. The number of nitrogens with zero attached hydrogens (tertiary/aromatic N) is 1. The SMILES string of the molecule is Cc1ccc(-c2cccs2)cc1N(C)S(=O)(=O)c1ccc(Cl)cc1. The lowest BCUT2D eigenvalue weighted by Crippen LogP contribution is -2.27. The first-order valence-electron chi connectivity index (χ1n) is 7.28. The second kappa shape index (κ2) is 6.59. The fourth-order valence-electron chi connectivity index (χ4n) is 2.44. The molecule has 0 saturated heterocycles. The van der Waals surface area contributed by atoms with Gasteiger partial charge in [0.05, 0.1) is 10.6 Å². The number of benzene rings is 2. The molecule has 0 atom stereocenters. The van der Waals surface area contributed by atoms with E-state index in [1.54, 1.807) is 30.5 Å². The Labute approximate surface area is 151 Å². The third-order valence-corrected chi connectivity index (χ3v) is 6.78. The van der Waals surface area contributed by atoms with Gasteiger partial charge < -0.3 is 0 Å². The highest BCUT2D eigenvalue weighted by molar-refractivity contribution is 7.92. The third kappa shape index (κ3) is 3.20. The summed E-state index contributed by atoms with van der Waals surface area (Å²) in [6.45, 7) is 1.90. The molecule has 1 aromatic heterocycles. The average Bonchev–Trinajstić information content (AvgIpc) is 3.09. The molecule has 0 aliphatic rings. The van der Waals surface area contributed by atoms with Crippen molar-refractivity contribution >= 4 is 38.6 Å². The molecule has 0 bridgehead atoms. The first-order chi connectivity index (χ1) is 11.4. The van der Waals surface area contributed by atoms with Gasteiger partial charge in [-0.05, 0) is 59.8 Å². The molecule has 0 aliphatic carbocycles. The number of rotatable bonds is 4. The molecular formula is C18H16ClNO2S2. The van der Waals surface area contributed by atoms with Crippen molar-refractivity contribution in [2.24, 2.45) is 0 Å². The molecular weight excluding hydrogens is 362 g/mol. The van der Waals surface area contributed by atoms with Gasteiger partial charge in [-0.2, -0.15) is 0 Å². The maximum Gasteiger partial charge on any atom is 0.264 e. The number of hydrogen-bond donors (Lipinski definition) is 0. The van der Waals surface area contributed by atoms with E-state index in [0.717, 1.165) is 16.0 Å². The molecule has 2 aromatic carbocycles. The highest BCUT2D eigenvalue weighted by atomic mass is 35.5. The van der Waals surface area contributed by atoms with Gasteiger partial charge in [0.25, 0.3) is 10.0 Å². The number of sulfonamides is 1. The van der Waals surface area contributed by atoms with Crippen LogP contribution in [0.2, 0.25) is 5.02 Å². The Morgan fingerprint density at radius 2 is 1.75 bits per heavy atom. The van der Waals surface area contributed by atoms with Gasteiger partial charge in [0.15, 0.2) is 0 Å². The van der Waals surface area contributed by atoms with E-state index >= 15 is 0 Å². The summed E-state index contributed by atoms with van der Waals surface area (Å²) in [5.41, 5.74) is 2.56. The predicted molar refractivity (Wildman–Crippen MR) is 102 cm³/mol. The second-order valence-electron chi connectivity index (χ2n) is 5.41. The van der Waals surface area contributed by atoms with Crippen LogP contribution >= 0.6 is 22.9 Å². The van der Waals surface area contributed by atoms with E-state index in [9.17, 15) is 8.42 Å². The zero-order valence-electron chi connectivity index (χ0n) is 13.2. The molecule has 3 aromatic rings. The van der Waals surface area contributed by atoms with Crippen molar-refractivity contribution in [1.82, 2.24) is 0 Å². The fraction of sp³-hybridized carbons (Fsp3) is 0.111. The highest BCUT2D eigenvalue weighted by Gasteiger charge is 2.22. The van der Waals surface area contributed by atoms with Crippen molar-refractivity contribution in [2.45, 2.75) is 11.8 Å². The Kier molecular flexibility index (Phi) is 4.67. The van der Waals surface area contributed by atoms with Crippen LogP contribution in [0.15, 0.2) is 64.9 Å². The van der Waals surface area contributed by atoms with Gasteiger partial charge >= 0.3 is 0 Å². The van der Waals surface area contributed by atoms with Gasteiger partial charge in [0.1, 0.15) is 0 Å². The van der Waals surface area contributed by atoms with Gasteiger partial charge in [-0.25, -0.2) is 8.42 Å². The third-order valence-electron chi connectivity index (χ3n) is 3.83. The fourth-order valence-corrected chi connectivity index (χ4v) is 4.54. The van der Waals surface area contributed by atoms with Crippen LogP contribution in [0.1, 0.15) is 5.56 Å². The van der Waals surface area contributed by atoms with Gasteiger partial charge in [0.2, 0.25) is 0 Å². The molecule has 6 heteroatoms. The normalized spacial score (nSPS) is 11.5. The van der Waals surface area contributed by atoms with E-state index in [1.165, 1.54) is 16.4 Å². The second-order valence-corrected chi connectivity index (χ2v) is 8.76. The number of halogens is 1. The Morgan fingerprint density at radius 1 is 1.04 bits per heavy atom. The summed E-state index contributed by atoms with van der Waals surface area (Å²) in [5.74, 6) is 0. The number of aryl methyl sites for hydroxylation is 1. The van der Waals surface area contributed by atoms with Gasteiger partial charge in [-0.1, -0.05) is 29.8 Å². The maximum atomic E-state index is 12.9. The van der Waals surface area contributed by atoms with E-state index < -0.39 is 10.0 Å². The molecule has 3 rings (SSSR count). The molecule has 0 N–H and O–H groups in total. The van der Waals surface area contributed by atoms with E-state index in [-0.39, 0.29) is 4.90 Å². The molecule has 1 heterocycles. The zero-order valence-corrected chi connectivity index (χ0v) is 15.6. The minimum Gasteiger partial charge on any atom is -0.269 e. The molecule has 124 valence electrons. The van der Waals surface area contributed by atoms with Crippen LogP contribution in [0.25, 0.3) is 10.4 Å². The van der Waals surface area contributed by atoms with Crippen molar-refractivity contribution in [3.63, 3.8) is 0 Å². The molecule has 0 spiro atoms. The highest BCUT2D eigenvalue weighted by Crippen LogP contribution is 2.32. The van der Waals surface area contributed by atoms with Crippen LogP contribution < -0.4 is 4.31 Å². The average molecular weight is 378 g/mol.